The van der Waals surface area contributed by atoms with Crippen molar-refractivity contribution in [1.29, 1.82) is 0 Å². The zero-order valence-electron chi connectivity index (χ0n) is 11.5. The third-order valence-electron chi connectivity index (χ3n) is 3.33. The fraction of sp³-hybridized carbons (Fsp3) is 0.333. The first-order valence-corrected chi connectivity index (χ1v) is 6.36. The van der Waals surface area contributed by atoms with E-state index in [1.165, 1.54) is 18.9 Å². The summed E-state index contributed by atoms with van der Waals surface area (Å²) in [5.74, 6) is -1.28. The van der Waals surface area contributed by atoms with Gasteiger partial charge in [0.15, 0.2) is 11.5 Å². The van der Waals surface area contributed by atoms with E-state index < -0.39 is 17.7 Å². The van der Waals surface area contributed by atoms with Gasteiger partial charge in [0.1, 0.15) is 0 Å². The van der Waals surface area contributed by atoms with Gasteiger partial charge in [0.2, 0.25) is 0 Å². The van der Waals surface area contributed by atoms with Gasteiger partial charge in [0, 0.05) is 13.7 Å². The molecule has 0 saturated carbocycles. The number of ketones is 1. The molecule has 1 aromatic carbocycles. The van der Waals surface area contributed by atoms with E-state index in [0.717, 1.165) is 5.56 Å². The van der Waals surface area contributed by atoms with E-state index in [1.807, 2.05) is 30.3 Å². The average molecular weight is 275 g/mol. The van der Waals surface area contributed by atoms with Crippen LogP contribution in [0.15, 0.2) is 41.7 Å². The zero-order chi connectivity index (χ0) is 14.7. The molecule has 1 aliphatic rings. The highest BCUT2D eigenvalue weighted by Crippen LogP contribution is 2.37. The molecule has 2 rings (SSSR count). The van der Waals surface area contributed by atoms with Crippen molar-refractivity contribution >= 4 is 11.7 Å². The average Bonchev–Trinajstić information content (AvgIpc) is 2.70. The molecule has 0 saturated heterocycles. The van der Waals surface area contributed by atoms with Crippen LogP contribution in [0.2, 0.25) is 0 Å². The van der Waals surface area contributed by atoms with Crippen LogP contribution in [0.1, 0.15) is 18.5 Å². The number of aliphatic hydroxyl groups excluding tert-OH is 1. The molecule has 1 aromatic rings. The minimum absolute atomic E-state index is 0.150. The van der Waals surface area contributed by atoms with Gasteiger partial charge in [-0.1, -0.05) is 30.3 Å². The predicted molar refractivity (Wildman–Crippen MR) is 73.1 cm³/mol. The van der Waals surface area contributed by atoms with Gasteiger partial charge < -0.3 is 14.7 Å². The molecule has 0 spiro atoms. The van der Waals surface area contributed by atoms with Gasteiger partial charge in [-0.2, -0.15) is 0 Å². The first-order chi connectivity index (χ1) is 9.57. The lowest BCUT2D eigenvalue weighted by Gasteiger charge is -2.26. The van der Waals surface area contributed by atoms with Gasteiger partial charge in [-0.3, -0.25) is 9.59 Å². The third kappa shape index (κ3) is 2.44. The summed E-state index contributed by atoms with van der Waals surface area (Å²) in [6.07, 6.45) is 0. The molecule has 0 fully saturated rings. The lowest BCUT2D eigenvalue weighted by atomic mass is 9.97. The van der Waals surface area contributed by atoms with E-state index in [9.17, 15) is 14.7 Å². The van der Waals surface area contributed by atoms with E-state index in [0.29, 0.717) is 13.2 Å². The van der Waals surface area contributed by atoms with Crippen molar-refractivity contribution in [3.05, 3.63) is 47.2 Å². The molecule has 1 heterocycles. The number of amides is 1. The lowest BCUT2D eigenvalue weighted by Crippen LogP contribution is -2.33. The zero-order valence-corrected chi connectivity index (χ0v) is 11.5. The molecule has 0 aliphatic carbocycles. The Morgan fingerprint density at radius 3 is 2.55 bits per heavy atom. The van der Waals surface area contributed by atoms with Gasteiger partial charge in [-0.05, 0) is 12.5 Å². The molecule has 0 bridgehead atoms. The van der Waals surface area contributed by atoms with Gasteiger partial charge >= 0.3 is 0 Å². The van der Waals surface area contributed by atoms with Crippen LogP contribution >= 0.6 is 0 Å². The summed E-state index contributed by atoms with van der Waals surface area (Å²) < 4.78 is 4.99. The Kier molecular flexibility index (Phi) is 4.20. The first kappa shape index (κ1) is 14.3. The summed E-state index contributed by atoms with van der Waals surface area (Å²) in [4.78, 5) is 25.4. The smallest absolute Gasteiger partial charge is 0.290 e. The molecular weight excluding hydrogens is 258 g/mol. The molecule has 1 atom stereocenters. The second-order valence-electron chi connectivity index (χ2n) is 4.62. The van der Waals surface area contributed by atoms with E-state index in [-0.39, 0.29) is 11.4 Å². The van der Waals surface area contributed by atoms with Crippen molar-refractivity contribution in [1.82, 2.24) is 4.90 Å². The van der Waals surface area contributed by atoms with Crippen LogP contribution < -0.4 is 0 Å². The molecule has 1 aliphatic heterocycles. The topological polar surface area (TPSA) is 66.8 Å². The molecule has 0 radical (unpaired) electrons. The van der Waals surface area contributed by atoms with Crippen LogP contribution in [-0.2, 0) is 14.3 Å². The van der Waals surface area contributed by atoms with Gasteiger partial charge in [0.05, 0.1) is 18.2 Å². The van der Waals surface area contributed by atoms with E-state index in [2.05, 4.69) is 0 Å². The number of hydrogen-bond donors (Lipinski definition) is 1. The molecule has 1 N–H and O–H groups in total. The highest BCUT2D eigenvalue weighted by Gasteiger charge is 2.41. The molecule has 1 unspecified atom stereocenters. The van der Waals surface area contributed by atoms with Gasteiger partial charge in [0.25, 0.3) is 5.91 Å². The minimum Gasteiger partial charge on any atom is -0.503 e. The fourth-order valence-electron chi connectivity index (χ4n) is 2.42. The molecule has 5 nitrogen and oxygen atoms in total. The Bertz CT molecular complexity index is 550. The predicted octanol–water partition coefficient (Wildman–Crippen LogP) is 1.62. The van der Waals surface area contributed by atoms with Gasteiger partial charge in [-0.15, -0.1) is 0 Å². The second-order valence-corrected chi connectivity index (χ2v) is 4.62. The first-order valence-electron chi connectivity index (χ1n) is 6.36. The maximum absolute atomic E-state index is 12.1. The third-order valence-corrected chi connectivity index (χ3v) is 3.33. The SMILES string of the molecule is COCCN1C(=O)C(O)=C(C(C)=O)C1c1ccccc1. The molecular formula is C15H17NO4. The van der Waals surface area contributed by atoms with E-state index in [4.69, 9.17) is 4.74 Å². The number of Topliss-reactive ketones (excluding diaryl/α,β-unsaturated/α-hetero) is 1. The van der Waals surface area contributed by atoms with Crippen LogP contribution in [0, 0.1) is 0 Å². The Hall–Kier alpha value is -2.14. The quantitative estimate of drug-likeness (QED) is 0.886. The molecule has 20 heavy (non-hydrogen) atoms. The Labute approximate surface area is 117 Å². The molecule has 5 heteroatoms. The van der Waals surface area contributed by atoms with Crippen molar-refractivity contribution < 1.29 is 19.4 Å². The van der Waals surface area contributed by atoms with Crippen molar-refractivity contribution in [2.75, 3.05) is 20.3 Å². The number of benzene rings is 1. The lowest BCUT2D eigenvalue weighted by molar-refractivity contribution is -0.130. The highest BCUT2D eigenvalue weighted by atomic mass is 16.5. The van der Waals surface area contributed by atoms with Crippen LogP contribution in [0.4, 0.5) is 0 Å². The van der Waals surface area contributed by atoms with Crippen molar-refractivity contribution in [2.45, 2.75) is 13.0 Å². The maximum atomic E-state index is 12.1. The number of carbonyl (C=O) groups is 2. The van der Waals surface area contributed by atoms with Crippen LogP contribution in [0.5, 0.6) is 0 Å². The summed E-state index contributed by atoms with van der Waals surface area (Å²) in [6, 6.07) is 8.65. The fourth-order valence-corrected chi connectivity index (χ4v) is 2.42. The largest absolute Gasteiger partial charge is 0.503 e. The monoisotopic (exact) mass is 275 g/mol. The van der Waals surface area contributed by atoms with Crippen molar-refractivity contribution in [3.63, 3.8) is 0 Å². The number of aliphatic hydroxyl groups is 1. The minimum atomic E-state index is -0.545. The van der Waals surface area contributed by atoms with Crippen molar-refractivity contribution in [3.8, 4) is 0 Å². The maximum Gasteiger partial charge on any atom is 0.290 e. The molecule has 0 aromatic heterocycles. The number of hydrogen-bond acceptors (Lipinski definition) is 4. The van der Waals surface area contributed by atoms with Crippen LogP contribution in [0.25, 0.3) is 0 Å². The summed E-state index contributed by atoms with van der Waals surface area (Å²) in [5.41, 5.74) is 0.948. The summed E-state index contributed by atoms with van der Waals surface area (Å²) in [5, 5.41) is 9.96. The van der Waals surface area contributed by atoms with E-state index >= 15 is 0 Å². The number of ether oxygens (including phenoxy) is 1. The Morgan fingerprint density at radius 2 is 2.00 bits per heavy atom. The Balaban J connectivity index is 2.45. The number of methoxy groups -OCH3 is 1. The molecule has 1 amide bonds. The standard InChI is InChI=1S/C15H17NO4/c1-10(17)12-13(11-6-4-3-5-7-11)16(8-9-20-2)15(19)14(12)18/h3-7,13,18H,8-9H2,1-2H3. The number of carbonyl (C=O) groups excluding carboxylic acids is 2. The second kappa shape index (κ2) is 5.88. The van der Waals surface area contributed by atoms with E-state index in [1.54, 1.807) is 0 Å². The number of rotatable bonds is 5. The summed E-state index contributed by atoms with van der Waals surface area (Å²) in [6.45, 7) is 2.01. The van der Waals surface area contributed by atoms with Crippen LogP contribution in [0.3, 0.4) is 0 Å². The normalized spacial score (nSPS) is 18.8. The van der Waals surface area contributed by atoms with Crippen LogP contribution in [-0.4, -0.2) is 42.0 Å². The number of nitrogens with zero attached hydrogens (tertiary/aromatic N) is 1. The summed E-state index contributed by atoms with van der Waals surface area (Å²) >= 11 is 0. The Morgan fingerprint density at radius 1 is 1.35 bits per heavy atom. The van der Waals surface area contributed by atoms with Crippen molar-refractivity contribution in [2.24, 2.45) is 0 Å². The highest BCUT2D eigenvalue weighted by molar-refractivity contribution is 6.08. The molecule has 106 valence electrons. The summed E-state index contributed by atoms with van der Waals surface area (Å²) in [7, 11) is 1.54. The van der Waals surface area contributed by atoms with Gasteiger partial charge in [-0.25, -0.2) is 0 Å².